The molecule has 1 heterocycles. The third kappa shape index (κ3) is 8.32. The van der Waals surface area contributed by atoms with Gasteiger partial charge in [0.15, 0.2) is 0 Å². The van der Waals surface area contributed by atoms with E-state index in [0.717, 1.165) is 5.56 Å². The molecule has 0 bridgehead atoms. The summed E-state index contributed by atoms with van der Waals surface area (Å²) in [6.07, 6.45) is 4.82. The van der Waals surface area contributed by atoms with E-state index in [0.29, 0.717) is 12.8 Å². The first-order chi connectivity index (χ1) is 16.1. The largest absolute Gasteiger partial charge is 0.481 e. The lowest BCUT2D eigenvalue weighted by Crippen LogP contribution is -2.56. The molecular formula is C26H37N3O5. The lowest BCUT2D eigenvalue weighted by Gasteiger charge is -2.31. The number of hydrogen-bond donors (Lipinski definition) is 3. The van der Waals surface area contributed by atoms with Gasteiger partial charge in [0, 0.05) is 13.0 Å². The maximum Gasteiger partial charge on any atom is 0.307 e. The van der Waals surface area contributed by atoms with E-state index in [4.69, 9.17) is 0 Å². The van der Waals surface area contributed by atoms with Gasteiger partial charge in [-0.25, -0.2) is 0 Å². The van der Waals surface area contributed by atoms with Crippen LogP contribution in [-0.4, -0.2) is 46.4 Å². The smallest absolute Gasteiger partial charge is 0.307 e. The standard InChI is InChI=1S/C26H37N3O5/c1-17(2)15-21(20(26(33)34)12-8-11-19-9-6-5-7-10-19)24(31)28-29(16-18(3)4)25(32)22-13-14-23(30)27-22/h5-11,17-18,20-22H,12-16H2,1-4H3,(H,27,30)(H,28,31)(H,33,34)/b11-8+/t20-,21+,22-/m0/s1. The van der Waals surface area contributed by atoms with E-state index in [1.165, 1.54) is 5.01 Å². The third-order valence-electron chi connectivity index (χ3n) is 5.72. The van der Waals surface area contributed by atoms with Crippen LogP contribution in [0.2, 0.25) is 0 Å². The van der Waals surface area contributed by atoms with Gasteiger partial charge in [-0.3, -0.25) is 29.6 Å². The van der Waals surface area contributed by atoms with E-state index in [1.807, 2.05) is 64.1 Å². The Balaban J connectivity index is 2.20. The molecule has 0 aliphatic carbocycles. The number of hydrogen-bond acceptors (Lipinski definition) is 4. The zero-order valence-corrected chi connectivity index (χ0v) is 20.5. The molecule has 0 aromatic heterocycles. The van der Waals surface area contributed by atoms with Crippen molar-refractivity contribution >= 4 is 29.8 Å². The fourth-order valence-corrected chi connectivity index (χ4v) is 4.07. The number of benzene rings is 1. The van der Waals surface area contributed by atoms with Crippen LogP contribution >= 0.6 is 0 Å². The molecule has 8 heteroatoms. The van der Waals surface area contributed by atoms with Gasteiger partial charge in [0.05, 0.1) is 11.8 Å². The van der Waals surface area contributed by atoms with Crippen LogP contribution in [0.5, 0.6) is 0 Å². The van der Waals surface area contributed by atoms with Gasteiger partial charge >= 0.3 is 5.97 Å². The summed E-state index contributed by atoms with van der Waals surface area (Å²) in [7, 11) is 0. The van der Waals surface area contributed by atoms with E-state index in [2.05, 4.69) is 10.7 Å². The predicted octanol–water partition coefficient (Wildman–Crippen LogP) is 3.25. The average molecular weight is 472 g/mol. The number of nitrogens with zero attached hydrogens (tertiary/aromatic N) is 1. The van der Waals surface area contributed by atoms with E-state index in [1.54, 1.807) is 6.08 Å². The summed E-state index contributed by atoms with van der Waals surface area (Å²) < 4.78 is 0. The van der Waals surface area contributed by atoms with Gasteiger partial charge < -0.3 is 10.4 Å². The quantitative estimate of drug-likeness (QED) is 0.429. The Labute approximate surface area is 201 Å². The number of carboxylic acids is 1. The number of amides is 3. The van der Waals surface area contributed by atoms with Crippen molar-refractivity contribution < 1.29 is 24.3 Å². The summed E-state index contributed by atoms with van der Waals surface area (Å²) in [5.74, 6) is -3.73. The summed E-state index contributed by atoms with van der Waals surface area (Å²) >= 11 is 0. The molecule has 1 aliphatic rings. The lowest BCUT2D eigenvalue weighted by molar-refractivity contribution is -0.151. The number of hydrazine groups is 1. The molecule has 2 rings (SSSR count). The molecule has 3 amide bonds. The Kier molecular flexibility index (Phi) is 10.3. The van der Waals surface area contributed by atoms with Gasteiger partial charge in [0.25, 0.3) is 5.91 Å². The van der Waals surface area contributed by atoms with Crippen LogP contribution in [0.15, 0.2) is 36.4 Å². The van der Waals surface area contributed by atoms with Gasteiger partial charge in [-0.1, -0.05) is 70.2 Å². The highest BCUT2D eigenvalue weighted by Crippen LogP contribution is 2.26. The van der Waals surface area contributed by atoms with Crippen molar-refractivity contribution in [1.82, 2.24) is 15.8 Å². The van der Waals surface area contributed by atoms with Crippen molar-refractivity contribution in [3.63, 3.8) is 0 Å². The van der Waals surface area contributed by atoms with Gasteiger partial charge in [0.2, 0.25) is 11.8 Å². The minimum Gasteiger partial charge on any atom is -0.481 e. The molecule has 1 fully saturated rings. The summed E-state index contributed by atoms with van der Waals surface area (Å²) in [4.78, 5) is 50.1. The molecule has 0 unspecified atom stereocenters. The fourth-order valence-electron chi connectivity index (χ4n) is 4.07. The topological polar surface area (TPSA) is 116 Å². The summed E-state index contributed by atoms with van der Waals surface area (Å²) in [5.41, 5.74) is 3.64. The Morgan fingerprint density at radius 1 is 1.12 bits per heavy atom. The minimum absolute atomic E-state index is 0.0639. The number of carboxylic acid groups (broad SMARTS) is 1. The molecule has 0 saturated carbocycles. The molecule has 34 heavy (non-hydrogen) atoms. The van der Waals surface area contributed by atoms with Crippen LogP contribution in [0.25, 0.3) is 6.08 Å². The van der Waals surface area contributed by atoms with E-state index in [-0.39, 0.29) is 43.0 Å². The van der Waals surface area contributed by atoms with E-state index in [9.17, 15) is 24.3 Å². The first-order valence-electron chi connectivity index (χ1n) is 11.9. The van der Waals surface area contributed by atoms with Gasteiger partial charge in [-0.05, 0) is 36.7 Å². The average Bonchev–Trinajstić information content (AvgIpc) is 3.20. The van der Waals surface area contributed by atoms with Crippen LogP contribution in [0.3, 0.4) is 0 Å². The molecule has 1 saturated heterocycles. The van der Waals surface area contributed by atoms with Crippen molar-refractivity contribution in [2.24, 2.45) is 23.7 Å². The third-order valence-corrected chi connectivity index (χ3v) is 5.72. The zero-order chi connectivity index (χ0) is 25.3. The fraction of sp³-hybridized carbons (Fsp3) is 0.538. The number of allylic oxidation sites excluding steroid dienone is 1. The number of carbonyl (C=O) groups is 4. The van der Waals surface area contributed by atoms with E-state index < -0.39 is 29.8 Å². The SMILES string of the molecule is CC(C)C[C@@H](C(=O)NN(CC(C)C)C(=O)[C@@H]1CCC(=O)N1)[C@H](C/C=C/c1ccccc1)C(=O)O. The van der Waals surface area contributed by atoms with Crippen molar-refractivity contribution in [2.75, 3.05) is 6.54 Å². The molecule has 0 spiro atoms. The number of carbonyl (C=O) groups excluding carboxylic acids is 3. The summed E-state index contributed by atoms with van der Waals surface area (Å²) in [6, 6.07) is 8.86. The molecule has 1 aromatic carbocycles. The first kappa shape index (κ1) is 27.1. The molecular weight excluding hydrogens is 434 g/mol. The second-order valence-electron chi connectivity index (χ2n) is 9.71. The highest BCUT2D eigenvalue weighted by atomic mass is 16.4. The monoisotopic (exact) mass is 471 g/mol. The summed E-state index contributed by atoms with van der Waals surface area (Å²) in [6.45, 7) is 7.96. The zero-order valence-electron chi connectivity index (χ0n) is 20.5. The van der Waals surface area contributed by atoms with E-state index >= 15 is 0 Å². The molecule has 3 N–H and O–H groups in total. The first-order valence-corrected chi connectivity index (χ1v) is 11.9. The van der Waals surface area contributed by atoms with Crippen molar-refractivity contribution in [1.29, 1.82) is 0 Å². The second-order valence-corrected chi connectivity index (χ2v) is 9.71. The van der Waals surface area contributed by atoms with Crippen molar-refractivity contribution in [2.45, 2.75) is 59.4 Å². The predicted molar refractivity (Wildman–Crippen MR) is 130 cm³/mol. The number of rotatable bonds is 11. The minimum atomic E-state index is -1.05. The maximum atomic E-state index is 13.4. The van der Waals surface area contributed by atoms with Gasteiger partial charge in [-0.2, -0.15) is 0 Å². The second kappa shape index (κ2) is 12.9. The highest BCUT2D eigenvalue weighted by Gasteiger charge is 2.37. The Morgan fingerprint density at radius 2 is 1.79 bits per heavy atom. The van der Waals surface area contributed by atoms with Crippen molar-refractivity contribution in [3.8, 4) is 0 Å². The Bertz CT molecular complexity index is 882. The molecule has 3 atom stereocenters. The van der Waals surface area contributed by atoms with Gasteiger partial charge in [0.1, 0.15) is 6.04 Å². The maximum absolute atomic E-state index is 13.4. The van der Waals surface area contributed by atoms with Crippen LogP contribution in [0.4, 0.5) is 0 Å². The van der Waals surface area contributed by atoms with Crippen molar-refractivity contribution in [3.05, 3.63) is 42.0 Å². The van der Waals surface area contributed by atoms with Crippen LogP contribution in [0.1, 0.15) is 58.9 Å². The van der Waals surface area contributed by atoms with Crippen LogP contribution in [-0.2, 0) is 19.2 Å². The molecule has 0 radical (unpaired) electrons. The number of aliphatic carboxylic acids is 1. The van der Waals surface area contributed by atoms with Crippen LogP contribution in [0, 0.1) is 23.7 Å². The Hall–Kier alpha value is -3.16. The number of nitrogens with one attached hydrogen (secondary N) is 2. The molecule has 1 aromatic rings. The van der Waals surface area contributed by atoms with Gasteiger partial charge in [-0.15, -0.1) is 0 Å². The molecule has 186 valence electrons. The molecule has 8 nitrogen and oxygen atoms in total. The highest BCUT2D eigenvalue weighted by molar-refractivity contribution is 5.92. The summed E-state index contributed by atoms with van der Waals surface area (Å²) in [5, 5.41) is 13.8. The lowest BCUT2D eigenvalue weighted by atomic mass is 9.82. The normalized spacial score (nSPS) is 17.6. The Morgan fingerprint density at radius 3 is 2.32 bits per heavy atom. The molecule has 1 aliphatic heterocycles. The van der Waals surface area contributed by atoms with Crippen LogP contribution < -0.4 is 10.7 Å².